The lowest BCUT2D eigenvalue weighted by Crippen LogP contribution is -2.46. The quantitative estimate of drug-likeness (QED) is 0.202. The third kappa shape index (κ3) is 5.64. The highest BCUT2D eigenvalue weighted by atomic mass is 32.2. The van der Waals surface area contributed by atoms with Crippen molar-refractivity contribution in [1.29, 1.82) is 0 Å². The van der Waals surface area contributed by atoms with E-state index in [1.165, 1.54) is 17.3 Å². The minimum absolute atomic E-state index is 0.0114. The predicted molar refractivity (Wildman–Crippen MR) is 149 cm³/mol. The first-order chi connectivity index (χ1) is 17.7. The van der Waals surface area contributed by atoms with E-state index in [0.717, 1.165) is 66.8 Å². The van der Waals surface area contributed by atoms with Crippen molar-refractivity contribution in [3.63, 3.8) is 0 Å². The molecule has 0 bridgehead atoms. The van der Waals surface area contributed by atoms with Gasteiger partial charge in [-0.2, -0.15) is 0 Å². The zero-order chi connectivity index (χ0) is 24.7. The van der Waals surface area contributed by atoms with Crippen molar-refractivity contribution in [3.8, 4) is 0 Å². The van der Waals surface area contributed by atoms with Gasteiger partial charge in [0, 0.05) is 32.7 Å². The van der Waals surface area contributed by atoms with Crippen LogP contribution in [0.1, 0.15) is 5.56 Å². The Kier molecular flexibility index (Phi) is 7.69. The fourth-order valence-electron chi connectivity index (χ4n) is 4.67. The number of anilines is 2. The summed E-state index contributed by atoms with van der Waals surface area (Å²) in [6.45, 7) is 9.36. The fourth-order valence-corrected chi connectivity index (χ4v) is 5.51. The molecule has 6 nitrogen and oxygen atoms in total. The number of benzene rings is 3. The molecule has 7 heteroatoms. The number of aromatic amines is 1. The van der Waals surface area contributed by atoms with E-state index in [0.29, 0.717) is 5.75 Å². The Bertz CT molecular complexity index is 1330. The van der Waals surface area contributed by atoms with Gasteiger partial charge in [0.05, 0.1) is 17.1 Å². The number of nitrogens with one attached hydrogen (secondary N) is 2. The van der Waals surface area contributed by atoms with Crippen molar-refractivity contribution in [2.45, 2.75) is 11.7 Å². The highest BCUT2D eigenvalue weighted by Crippen LogP contribution is 2.27. The summed E-state index contributed by atoms with van der Waals surface area (Å²) >= 11 is 1.53. The predicted octanol–water partition coefficient (Wildman–Crippen LogP) is 4.54. The van der Waals surface area contributed by atoms with Crippen molar-refractivity contribution < 1.29 is 9.36 Å². The molecule has 0 aliphatic carbocycles. The van der Waals surface area contributed by atoms with E-state index in [1.54, 1.807) is 0 Å². The fraction of sp³-hybridized carbons (Fsp3) is 0.241. The number of carbonyl (C=O) groups excluding carboxylic acids is 1. The molecule has 3 aromatic carbocycles. The third-order valence-electron chi connectivity index (χ3n) is 6.48. The lowest BCUT2D eigenvalue weighted by Gasteiger charge is -2.36. The molecule has 0 saturated carbocycles. The topological polar surface area (TPSA) is 55.2 Å². The van der Waals surface area contributed by atoms with Gasteiger partial charge in [0.15, 0.2) is 11.0 Å². The number of thioether (sulfide) groups is 1. The molecule has 184 valence electrons. The Balaban J connectivity index is 1.27. The van der Waals surface area contributed by atoms with Crippen LogP contribution in [-0.4, -0.2) is 54.3 Å². The molecule has 0 unspecified atom stereocenters. The summed E-state index contributed by atoms with van der Waals surface area (Å²) in [5.41, 5.74) is 5.37. The zero-order valence-corrected chi connectivity index (χ0v) is 21.2. The zero-order valence-electron chi connectivity index (χ0n) is 20.4. The van der Waals surface area contributed by atoms with Gasteiger partial charge in [0.1, 0.15) is 6.54 Å². The van der Waals surface area contributed by atoms with Gasteiger partial charge in [-0.3, -0.25) is 9.69 Å². The van der Waals surface area contributed by atoms with Crippen molar-refractivity contribution >= 4 is 40.1 Å². The number of hydrogen-bond acceptors (Lipinski definition) is 4. The molecule has 1 aliphatic rings. The van der Waals surface area contributed by atoms with Crippen LogP contribution in [0.15, 0.2) is 96.7 Å². The molecule has 5 rings (SSSR count). The molecule has 1 aliphatic heterocycles. The SMILES string of the molecule is C=CCN1CCN(c2ccccc2NC(=O)CSc2[nH]c3ccccc3[n+]2Cc2ccccc2)CC1. The maximum Gasteiger partial charge on any atom is 0.317 e. The third-order valence-corrected chi connectivity index (χ3v) is 7.49. The highest BCUT2D eigenvalue weighted by Gasteiger charge is 2.22. The summed E-state index contributed by atoms with van der Waals surface area (Å²) in [5.74, 6) is 0.311. The number of nitrogens with zero attached hydrogens (tertiary/aromatic N) is 3. The van der Waals surface area contributed by atoms with E-state index in [-0.39, 0.29) is 5.91 Å². The maximum atomic E-state index is 13.0. The molecular weight excluding hydrogens is 466 g/mol. The van der Waals surface area contributed by atoms with Gasteiger partial charge in [-0.15, -0.1) is 6.58 Å². The number of hydrogen-bond donors (Lipinski definition) is 2. The number of H-pyrrole nitrogens is 1. The summed E-state index contributed by atoms with van der Waals surface area (Å²) in [6, 6.07) is 26.8. The van der Waals surface area contributed by atoms with Crippen molar-refractivity contribution in [2.24, 2.45) is 0 Å². The molecule has 1 aromatic heterocycles. The largest absolute Gasteiger partial charge is 0.367 e. The van der Waals surface area contributed by atoms with Crippen molar-refractivity contribution in [3.05, 3.63) is 97.1 Å². The number of rotatable bonds is 9. The molecule has 2 heterocycles. The van der Waals surface area contributed by atoms with Crippen LogP contribution in [0, 0.1) is 0 Å². The van der Waals surface area contributed by atoms with Crippen molar-refractivity contribution in [2.75, 3.05) is 48.7 Å². The molecular formula is C29H32N5OS+. The highest BCUT2D eigenvalue weighted by molar-refractivity contribution is 7.99. The number of piperazine rings is 1. The van der Waals surface area contributed by atoms with Crippen LogP contribution in [0.5, 0.6) is 0 Å². The van der Waals surface area contributed by atoms with Gasteiger partial charge < -0.3 is 10.2 Å². The summed E-state index contributed by atoms with van der Waals surface area (Å²) in [7, 11) is 0. The molecule has 4 aromatic rings. The number of carbonyl (C=O) groups is 1. The Hall–Kier alpha value is -3.55. The average molecular weight is 499 g/mol. The van der Waals surface area contributed by atoms with E-state index in [2.05, 4.69) is 73.7 Å². The molecule has 2 N–H and O–H groups in total. The van der Waals surface area contributed by atoms with Crippen molar-refractivity contribution in [1.82, 2.24) is 9.88 Å². The van der Waals surface area contributed by atoms with Crippen LogP contribution in [0.25, 0.3) is 11.0 Å². The van der Waals surface area contributed by atoms with Crippen LogP contribution in [0.4, 0.5) is 11.4 Å². The Morgan fingerprint density at radius 3 is 2.50 bits per heavy atom. The van der Waals surface area contributed by atoms with Crippen LogP contribution >= 0.6 is 11.8 Å². The minimum atomic E-state index is -0.0114. The van der Waals surface area contributed by atoms with Gasteiger partial charge in [-0.05, 0) is 41.6 Å². The van der Waals surface area contributed by atoms with Crippen LogP contribution in [0.3, 0.4) is 0 Å². The first kappa shape index (κ1) is 24.2. The van der Waals surface area contributed by atoms with Gasteiger partial charge in [-0.25, -0.2) is 9.55 Å². The first-order valence-electron chi connectivity index (χ1n) is 12.4. The molecule has 0 atom stereocenters. The summed E-state index contributed by atoms with van der Waals surface area (Å²) in [4.78, 5) is 21.3. The van der Waals surface area contributed by atoms with Crippen LogP contribution in [-0.2, 0) is 11.3 Å². The average Bonchev–Trinajstić information content (AvgIpc) is 3.26. The number of fused-ring (bicyclic) bond motifs is 1. The van der Waals surface area contributed by atoms with E-state index in [9.17, 15) is 4.79 Å². The number of imidazole rings is 1. The summed E-state index contributed by atoms with van der Waals surface area (Å²) in [5, 5.41) is 4.14. The molecule has 1 fully saturated rings. The smallest absolute Gasteiger partial charge is 0.317 e. The van der Waals surface area contributed by atoms with Crippen LogP contribution < -0.4 is 14.8 Å². The molecule has 36 heavy (non-hydrogen) atoms. The van der Waals surface area contributed by atoms with E-state index in [1.807, 2.05) is 42.5 Å². The van der Waals surface area contributed by atoms with Crippen LogP contribution in [0.2, 0.25) is 0 Å². The monoisotopic (exact) mass is 498 g/mol. The lowest BCUT2D eigenvalue weighted by atomic mass is 10.2. The van der Waals surface area contributed by atoms with Gasteiger partial charge in [0.25, 0.3) is 0 Å². The standard InChI is InChI=1S/C29H31N5OS/c1-2-16-32-17-19-33(20-18-32)26-14-8-6-12-24(26)30-28(35)22-36-29-31-25-13-7-9-15-27(25)34(29)21-23-10-4-3-5-11-23/h2-15H,1,16-22H2,(H,30,35)/p+1. The normalized spacial score (nSPS) is 14.2. The number of para-hydroxylation sites is 4. The second kappa shape index (κ2) is 11.5. The Morgan fingerprint density at radius 2 is 1.69 bits per heavy atom. The molecule has 1 saturated heterocycles. The second-order valence-corrected chi connectivity index (χ2v) is 9.91. The van der Waals surface area contributed by atoms with E-state index in [4.69, 9.17) is 0 Å². The molecule has 1 amide bonds. The Labute approximate surface area is 216 Å². The maximum absolute atomic E-state index is 13.0. The first-order valence-corrected chi connectivity index (χ1v) is 13.3. The minimum Gasteiger partial charge on any atom is -0.367 e. The lowest BCUT2D eigenvalue weighted by molar-refractivity contribution is -0.700. The second-order valence-electron chi connectivity index (χ2n) is 8.95. The Morgan fingerprint density at radius 1 is 0.972 bits per heavy atom. The molecule has 0 spiro atoms. The number of aromatic nitrogens is 2. The summed E-state index contributed by atoms with van der Waals surface area (Å²) < 4.78 is 2.25. The molecule has 0 radical (unpaired) electrons. The summed E-state index contributed by atoms with van der Waals surface area (Å²) in [6.07, 6.45) is 1.96. The van der Waals surface area contributed by atoms with Gasteiger partial charge >= 0.3 is 5.16 Å². The van der Waals surface area contributed by atoms with Gasteiger partial charge in [-0.1, -0.05) is 60.7 Å². The van der Waals surface area contributed by atoms with Gasteiger partial charge in [0.2, 0.25) is 5.91 Å². The van der Waals surface area contributed by atoms with E-state index >= 15 is 0 Å². The van der Waals surface area contributed by atoms with E-state index < -0.39 is 0 Å². The number of amides is 1.